The second-order valence-electron chi connectivity index (χ2n) is 4.77. The van der Waals surface area contributed by atoms with Crippen LogP contribution in [0.5, 0.6) is 0 Å². The zero-order valence-electron chi connectivity index (χ0n) is 12.1. The van der Waals surface area contributed by atoms with E-state index in [9.17, 15) is 0 Å². The van der Waals surface area contributed by atoms with E-state index in [-0.39, 0.29) is 0 Å². The number of nitrogens with zero attached hydrogens (tertiary/aromatic N) is 2. The normalized spacial score (nSPS) is 12.6. The summed E-state index contributed by atoms with van der Waals surface area (Å²) in [5.74, 6) is 0. The van der Waals surface area contributed by atoms with Gasteiger partial charge in [0.25, 0.3) is 0 Å². The molecule has 2 aromatic rings. The van der Waals surface area contributed by atoms with E-state index in [1.807, 2.05) is 7.05 Å². The Kier molecular flexibility index (Phi) is 4.74. The van der Waals surface area contributed by atoms with Crippen LogP contribution >= 0.6 is 0 Å². The van der Waals surface area contributed by atoms with Gasteiger partial charge in [0.1, 0.15) is 0 Å². The summed E-state index contributed by atoms with van der Waals surface area (Å²) in [5, 5.41) is 8.07. The van der Waals surface area contributed by atoms with Crippen LogP contribution in [0, 0.1) is 0 Å². The summed E-state index contributed by atoms with van der Waals surface area (Å²) in [5.41, 5.74) is 3.80. The van der Waals surface area contributed by atoms with Crippen LogP contribution in [0.15, 0.2) is 36.4 Å². The monoisotopic (exact) mass is 257 g/mol. The molecular formula is C16H23N3. The standard InChI is InChI=1S/C16H23N3/c1-4-14-11-15(5-2)19(18-14)12-16(17-3)13-9-7-6-8-10-13/h6-11,16-17H,4-5,12H2,1-3H3. The lowest BCUT2D eigenvalue weighted by Gasteiger charge is -2.18. The van der Waals surface area contributed by atoms with Crippen LogP contribution < -0.4 is 5.32 Å². The lowest BCUT2D eigenvalue weighted by Crippen LogP contribution is -2.23. The molecule has 2 rings (SSSR count). The summed E-state index contributed by atoms with van der Waals surface area (Å²) in [4.78, 5) is 0. The molecule has 0 bridgehead atoms. The van der Waals surface area contributed by atoms with Crippen molar-refractivity contribution in [2.45, 2.75) is 39.3 Å². The van der Waals surface area contributed by atoms with E-state index in [1.54, 1.807) is 0 Å². The van der Waals surface area contributed by atoms with Gasteiger partial charge in [-0.15, -0.1) is 0 Å². The van der Waals surface area contributed by atoms with Crippen molar-refractivity contribution in [1.82, 2.24) is 15.1 Å². The first-order valence-corrected chi connectivity index (χ1v) is 7.06. The van der Waals surface area contributed by atoms with Crippen LogP contribution in [0.2, 0.25) is 0 Å². The van der Waals surface area contributed by atoms with Crippen molar-refractivity contribution in [3.05, 3.63) is 53.3 Å². The van der Waals surface area contributed by atoms with Crippen molar-refractivity contribution in [2.75, 3.05) is 7.05 Å². The Hall–Kier alpha value is -1.61. The SMILES string of the molecule is CCc1cc(CC)n(CC(NC)c2ccccc2)n1. The molecule has 0 aliphatic carbocycles. The van der Waals surface area contributed by atoms with Gasteiger partial charge >= 0.3 is 0 Å². The van der Waals surface area contributed by atoms with E-state index in [1.165, 1.54) is 17.0 Å². The maximum atomic E-state index is 4.69. The topological polar surface area (TPSA) is 29.9 Å². The van der Waals surface area contributed by atoms with Gasteiger partial charge in [0, 0.05) is 5.69 Å². The third kappa shape index (κ3) is 3.24. The van der Waals surface area contributed by atoms with E-state index in [0.29, 0.717) is 6.04 Å². The molecule has 1 N–H and O–H groups in total. The van der Waals surface area contributed by atoms with Crippen molar-refractivity contribution in [3.8, 4) is 0 Å². The average Bonchev–Trinajstić information content (AvgIpc) is 2.87. The minimum atomic E-state index is 0.302. The van der Waals surface area contributed by atoms with E-state index in [0.717, 1.165) is 19.4 Å². The molecule has 19 heavy (non-hydrogen) atoms. The third-order valence-corrected chi connectivity index (χ3v) is 3.54. The number of likely N-dealkylation sites (N-methyl/N-ethyl adjacent to an activating group) is 1. The van der Waals surface area contributed by atoms with Crippen LogP contribution in [0.3, 0.4) is 0 Å². The molecule has 1 aromatic heterocycles. The maximum absolute atomic E-state index is 4.69. The van der Waals surface area contributed by atoms with Crippen LogP contribution in [-0.2, 0) is 19.4 Å². The Labute approximate surface area is 115 Å². The Morgan fingerprint density at radius 1 is 1.16 bits per heavy atom. The highest BCUT2D eigenvalue weighted by atomic mass is 15.3. The average molecular weight is 257 g/mol. The van der Waals surface area contributed by atoms with Gasteiger partial charge in [0.15, 0.2) is 0 Å². The lowest BCUT2D eigenvalue weighted by molar-refractivity contribution is 0.455. The fourth-order valence-corrected chi connectivity index (χ4v) is 2.35. The highest BCUT2D eigenvalue weighted by Gasteiger charge is 2.13. The van der Waals surface area contributed by atoms with Gasteiger partial charge in [-0.1, -0.05) is 44.2 Å². The number of rotatable bonds is 6. The molecule has 3 heteroatoms. The number of benzene rings is 1. The van der Waals surface area contributed by atoms with Crippen molar-refractivity contribution in [3.63, 3.8) is 0 Å². The molecule has 1 heterocycles. The number of aromatic nitrogens is 2. The van der Waals surface area contributed by atoms with Gasteiger partial charge in [-0.2, -0.15) is 5.10 Å². The van der Waals surface area contributed by atoms with Crippen LogP contribution in [0.4, 0.5) is 0 Å². The fourth-order valence-electron chi connectivity index (χ4n) is 2.35. The molecule has 0 spiro atoms. The number of nitrogens with one attached hydrogen (secondary N) is 1. The molecule has 1 aromatic carbocycles. The quantitative estimate of drug-likeness (QED) is 0.862. The highest BCUT2D eigenvalue weighted by Crippen LogP contribution is 2.16. The molecule has 0 saturated carbocycles. The van der Waals surface area contributed by atoms with E-state index in [4.69, 9.17) is 0 Å². The Morgan fingerprint density at radius 2 is 1.89 bits per heavy atom. The van der Waals surface area contributed by atoms with Crippen molar-refractivity contribution in [2.24, 2.45) is 0 Å². The molecular weight excluding hydrogens is 234 g/mol. The Morgan fingerprint density at radius 3 is 2.47 bits per heavy atom. The lowest BCUT2D eigenvalue weighted by atomic mass is 10.1. The maximum Gasteiger partial charge on any atom is 0.0624 e. The van der Waals surface area contributed by atoms with Gasteiger partial charge in [-0.3, -0.25) is 4.68 Å². The summed E-state index contributed by atoms with van der Waals surface area (Å²) in [6.45, 7) is 5.21. The zero-order valence-corrected chi connectivity index (χ0v) is 12.1. The van der Waals surface area contributed by atoms with Crippen molar-refractivity contribution in [1.29, 1.82) is 0 Å². The molecule has 1 atom stereocenters. The second kappa shape index (κ2) is 6.53. The van der Waals surface area contributed by atoms with Gasteiger partial charge in [-0.25, -0.2) is 0 Å². The largest absolute Gasteiger partial charge is 0.311 e. The second-order valence-corrected chi connectivity index (χ2v) is 4.77. The summed E-state index contributed by atoms with van der Waals surface area (Å²) in [6, 6.07) is 13.1. The fraction of sp³-hybridized carbons (Fsp3) is 0.438. The van der Waals surface area contributed by atoms with Gasteiger partial charge < -0.3 is 5.32 Å². The van der Waals surface area contributed by atoms with Gasteiger partial charge in [0.2, 0.25) is 0 Å². The van der Waals surface area contributed by atoms with Crippen LogP contribution in [-0.4, -0.2) is 16.8 Å². The summed E-state index contributed by atoms with van der Waals surface area (Å²) < 4.78 is 2.15. The molecule has 0 radical (unpaired) electrons. The highest BCUT2D eigenvalue weighted by molar-refractivity contribution is 5.19. The smallest absolute Gasteiger partial charge is 0.0624 e. The molecule has 3 nitrogen and oxygen atoms in total. The third-order valence-electron chi connectivity index (χ3n) is 3.54. The Balaban J connectivity index is 2.21. The summed E-state index contributed by atoms with van der Waals surface area (Å²) in [6.07, 6.45) is 2.02. The molecule has 0 aliphatic rings. The minimum absolute atomic E-state index is 0.302. The molecule has 102 valence electrons. The first-order chi connectivity index (χ1) is 9.28. The van der Waals surface area contributed by atoms with E-state index in [2.05, 4.69) is 65.3 Å². The van der Waals surface area contributed by atoms with E-state index < -0.39 is 0 Å². The summed E-state index contributed by atoms with van der Waals surface area (Å²) in [7, 11) is 2.01. The molecule has 0 fully saturated rings. The summed E-state index contributed by atoms with van der Waals surface area (Å²) >= 11 is 0. The van der Waals surface area contributed by atoms with Gasteiger partial charge in [0.05, 0.1) is 18.3 Å². The molecule has 1 unspecified atom stereocenters. The molecule has 0 saturated heterocycles. The molecule has 0 amide bonds. The predicted octanol–water partition coefficient (Wildman–Crippen LogP) is 2.97. The van der Waals surface area contributed by atoms with Crippen LogP contribution in [0.1, 0.15) is 36.8 Å². The number of aryl methyl sites for hydroxylation is 2. The van der Waals surface area contributed by atoms with Crippen molar-refractivity contribution < 1.29 is 0 Å². The number of hydrogen-bond donors (Lipinski definition) is 1. The predicted molar refractivity (Wildman–Crippen MR) is 79.2 cm³/mol. The zero-order chi connectivity index (χ0) is 13.7. The van der Waals surface area contributed by atoms with Crippen LogP contribution in [0.25, 0.3) is 0 Å². The Bertz CT molecular complexity index is 502. The first kappa shape index (κ1) is 13.8. The minimum Gasteiger partial charge on any atom is -0.311 e. The first-order valence-electron chi connectivity index (χ1n) is 7.06. The van der Waals surface area contributed by atoms with E-state index >= 15 is 0 Å². The molecule has 0 aliphatic heterocycles. The number of hydrogen-bond acceptors (Lipinski definition) is 2. The van der Waals surface area contributed by atoms with Crippen molar-refractivity contribution >= 4 is 0 Å². The van der Waals surface area contributed by atoms with Gasteiger partial charge in [-0.05, 0) is 31.5 Å².